The highest BCUT2D eigenvalue weighted by atomic mass is 16.5. The van der Waals surface area contributed by atoms with E-state index in [1.54, 1.807) is 6.07 Å². The van der Waals surface area contributed by atoms with Crippen LogP contribution in [-0.4, -0.2) is 17.7 Å². The molecule has 114 valence electrons. The number of esters is 1. The summed E-state index contributed by atoms with van der Waals surface area (Å²) in [6.45, 7) is 2.14. The maximum Gasteiger partial charge on any atom is 0.376 e. The Bertz CT molecular complexity index is 647. The molecule has 22 heavy (non-hydrogen) atoms. The van der Waals surface area contributed by atoms with E-state index in [1.807, 2.05) is 55.5 Å². The molecule has 0 aromatic heterocycles. The second-order valence-corrected chi connectivity index (χ2v) is 4.62. The van der Waals surface area contributed by atoms with Gasteiger partial charge in [-0.15, -0.1) is 0 Å². The highest BCUT2D eigenvalue weighted by molar-refractivity contribution is 5.85. The molecule has 1 N–H and O–H groups in total. The number of benzene rings is 2. The molecule has 0 amide bonds. The van der Waals surface area contributed by atoms with Gasteiger partial charge in [-0.05, 0) is 18.1 Å². The predicted octanol–water partition coefficient (Wildman–Crippen LogP) is 4.09. The molecule has 0 aliphatic rings. The summed E-state index contributed by atoms with van der Waals surface area (Å²) in [5, 5.41) is 9.63. The first-order valence-electron chi connectivity index (χ1n) is 7.09. The first kappa shape index (κ1) is 15.6. The van der Waals surface area contributed by atoms with Crippen LogP contribution in [0.1, 0.15) is 13.3 Å². The molecule has 0 spiro atoms. The molecule has 0 heterocycles. The van der Waals surface area contributed by atoms with Gasteiger partial charge in [-0.1, -0.05) is 55.5 Å². The average Bonchev–Trinajstić information content (AvgIpc) is 2.58. The van der Waals surface area contributed by atoms with Crippen LogP contribution in [0.4, 0.5) is 0 Å². The van der Waals surface area contributed by atoms with Crippen LogP contribution < -0.4 is 4.74 Å². The van der Waals surface area contributed by atoms with Crippen molar-refractivity contribution >= 4 is 5.97 Å². The summed E-state index contributed by atoms with van der Waals surface area (Å²) < 4.78 is 10.3. The number of aliphatic hydroxyl groups is 1. The van der Waals surface area contributed by atoms with Crippen molar-refractivity contribution in [2.75, 3.05) is 6.61 Å². The zero-order valence-electron chi connectivity index (χ0n) is 12.4. The number of rotatable bonds is 6. The summed E-state index contributed by atoms with van der Waals surface area (Å²) in [5.74, 6) is -0.807. The fourth-order valence-corrected chi connectivity index (χ4v) is 1.86. The molecule has 2 rings (SSSR count). The lowest BCUT2D eigenvalue weighted by Gasteiger charge is -2.09. The standard InChI is InChI=1S/C18H18O4/c1-2-12-21-18(20)16(19)13-22-17-11-7-6-10-15(17)14-8-4-3-5-9-14/h3-11,13,19H,2,12H2,1H3. The van der Waals surface area contributed by atoms with Crippen LogP contribution in [0.5, 0.6) is 5.75 Å². The Labute approximate surface area is 129 Å². The van der Waals surface area contributed by atoms with E-state index >= 15 is 0 Å². The molecule has 0 bridgehead atoms. The fraction of sp³-hybridized carbons (Fsp3) is 0.167. The van der Waals surface area contributed by atoms with Gasteiger partial charge in [0.2, 0.25) is 5.76 Å². The van der Waals surface area contributed by atoms with Crippen molar-refractivity contribution in [2.45, 2.75) is 13.3 Å². The summed E-state index contributed by atoms with van der Waals surface area (Å²) >= 11 is 0. The van der Waals surface area contributed by atoms with Crippen LogP contribution in [0.25, 0.3) is 11.1 Å². The lowest BCUT2D eigenvalue weighted by Crippen LogP contribution is -2.09. The molecule has 4 nitrogen and oxygen atoms in total. The van der Waals surface area contributed by atoms with Crippen molar-refractivity contribution < 1.29 is 19.4 Å². The van der Waals surface area contributed by atoms with Crippen LogP contribution >= 0.6 is 0 Å². The SMILES string of the molecule is CCCOC(=O)C(O)=COc1ccccc1-c1ccccc1. The third-order valence-corrected chi connectivity index (χ3v) is 2.92. The minimum Gasteiger partial charge on any atom is -0.500 e. The van der Waals surface area contributed by atoms with Gasteiger partial charge in [0.15, 0.2) is 0 Å². The van der Waals surface area contributed by atoms with Gasteiger partial charge in [0.1, 0.15) is 12.0 Å². The molecule has 0 fully saturated rings. The third-order valence-electron chi connectivity index (χ3n) is 2.92. The van der Waals surface area contributed by atoms with E-state index in [0.717, 1.165) is 17.4 Å². The Hall–Kier alpha value is -2.75. The summed E-state index contributed by atoms with van der Waals surface area (Å²) in [4.78, 5) is 11.5. The third kappa shape index (κ3) is 4.12. The van der Waals surface area contributed by atoms with Crippen LogP contribution in [0, 0.1) is 0 Å². The Morgan fingerprint density at radius 1 is 1.09 bits per heavy atom. The molecule has 0 saturated carbocycles. The minimum absolute atomic E-state index is 0.261. The van der Waals surface area contributed by atoms with Gasteiger partial charge in [-0.2, -0.15) is 0 Å². The van der Waals surface area contributed by atoms with E-state index in [1.165, 1.54) is 0 Å². The van der Waals surface area contributed by atoms with Crippen molar-refractivity contribution in [2.24, 2.45) is 0 Å². The fourth-order valence-electron chi connectivity index (χ4n) is 1.86. The molecule has 2 aromatic rings. The molecule has 2 aromatic carbocycles. The lowest BCUT2D eigenvalue weighted by molar-refractivity contribution is -0.142. The topological polar surface area (TPSA) is 55.8 Å². The van der Waals surface area contributed by atoms with E-state index in [4.69, 9.17) is 9.47 Å². The van der Waals surface area contributed by atoms with E-state index in [2.05, 4.69) is 0 Å². The van der Waals surface area contributed by atoms with Crippen LogP contribution in [0.2, 0.25) is 0 Å². The van der Waals surface area contributed by atoms with Gasteiger partial charge in [-0.25, -0.2) is 4.79 Å². The van der Waals surface area contributed by atoms with Gasteiger partial charge >= 0.3 is 5.97 Å². The first-order valence-corrected chi connectivity index (χ1v) is 7.09. The quantitative estimate of drug-likeness (QED) is 0.496. The van der Waals surface area contributed by atoms with Crippen LogP contribution in [0.15, 0.2) is 66.6 Å². The number of ether oxygens (including phenoxy) is 2. The molecular weight excluding hydrogens is 280 g/mol. The molecule has 0 aliphatic carbocycles. The van der Waals surface area contributed by atoms with Crippen molar-refractivity contribution in [3.8, 4) is 16.9 Å². The highest BCUT2D eigenvalue weighted by Gasteiger charge is 2.10. The Morgan fingerprint density at radius 2 is 1.77 bits per heavy atom. The normalized spacial score (nSPS) is 11.0. The van der Waals surface area contributed by atoms with Crippen molar-refractivity contribution in [1.82, 2.24) is 0 Å². The number of para-hydroxylation sites is 1. The van der Waals surface area contributed by atoms with E-state index < -0.39 is 11.7 Å². The van der Waals surface area contributed by atoms with E-state index in [-0.39, 0.29) is 6.61 Å². The molecule has 4 heteroatoms. The highest BCUT2D eigenvalue weighted by Crippen LogP contribution is 2.29. The molecule has 0 saturated heterocycles. The maximum absolute atomic E-state index is 11.5. The van der Waals surface area contributed by atoms with Crippen molar-refractivity contribution in [3.63, 3.8) is 0 Å². The second kappa shape index (κ2) is 7.88. The summed E-state index contributed by atoms with van der Waals surface area (Å²) in [6.07, 6.45) is 1.69. The molecule has 0 aliphatic heterocycles. The number of hydrogen-bond acceptors (Lipinski definition) is 4. The van der Waals surface area contributed by atoms with Crippen molar-refractivity contribution in [1.29, 1.82) is 0 Å². The number of aliphatic hydroxyl groups excluding tert-OH is 1. The Kier molecular flexibility index (Phi) is 5.60. The monoisotopic (exact) mass is 298 g/mol. The first-order chi connectivity index (χ1) is 10.7. The molecule has 0 radical (unpaired) electrons. The number of carbonyl (C=O) groups excluding carboxylic acids is 1. The van der Waals surface area contributed by atoms with Crippen LogP contribution in [-0.2, 0) is 9.53 Å². The molecule has 0 atom stereocenters. The zero-order chi connectivity index (χ0) is 15.8. The second-order valence-electron chi connectivity index (χ2n) is 4.62. The van der Waals surface area contributed by atoms with Gasteiger partial charge in [-0.3, -0.25) is 0 Å². The van der Waals surface area contributed by atoms with E-state index in [0.29, 0.717) is 12.2 Å². The summed E-state index contributed by atoms with van der Waals surface area (Å²) in [5.41, 5.74) is 1.86. The lowest BCUT2D eigenvalue weighted by atomic mass is 10.1. The van der Waals surface area contributed by atoms with Gasteiger partial charge in [0.05, 0.1) is 6.61 Å². The number of hydrogen-bond donors (Lipinski definition) is 1. The molecule has 0 unspecified atom stereocenters. The largest absolute Gasteiger partial charge is 0.500 e. The zero-order valence-corrected chi connectivity index (χ0v) is 12.4. The Morgan fingerprint density at radius 3 is 2.50 bits per heavy atom. The summed E-state index contributed by atoms with van der Waals surface area (Å²) in [6, 6.07) is 17.1. The summed E-state index contributed by atoms with van der Waals surface area (Å²) in [7, 11) is 0. The van der Waals surface area contributed by atoms with Crippen LogP contribution in [0.3, 0.4) is 0 Å². The van der Waals surface area contributed by atoms with Gasteiger partial charge < -0.3 is 14.6 Å². The molecular formula is C18H18O4. The number of carbonyl (C=O) groups is 1. The predicted molar refractivity (Wildman–Crippen MR) is 84.5 cm³/mol. The smallest absolute Gasteiger partial charge is 0.376 e. The van der Waals surface area contributed by atoms with Gasteiger partial charge in [0.25, 0.3) is 0 Å². The average molecular weight is 298 g/mol. The Balaban J connectivity index is 2.15. The van der Waals surface area contributed by atoms with Gasteiger partial charge in [0, 0.05) is 5.56 Å². The van der Waals surface area contributed by atoms with E-state index in [9.17, 15) is 9.90 Å². The maximum atomic E-state index is 11.5. The van der Waals surface area contributed by atoms with Crippen molar-refractivity contribution in [3.05, 3.63) is 66.6 Å². The minimum atomic E-state index is -0.793.